The van der Waals surface area contributed by atoms with Crippen LogP contribution >= 0.6 is 0 Å². The van der Waals surface area contributed by atoms with E-state index in [0.717, 1.165) is 24.7 Å². The van der Waals surface area contributed by atoms with E-state index < -0.39 is 55.3 Å². The molecular formula is C64H76F2N14O8S2. The standard InChI is InChI=1S/2C32H38FN7O4S/c2*1-30(2)17-20-16-21(33)18-34-24-4-3-5-27(35-24)45(42,43)38-29(41)22-6-7-25(36-28(22)39(30)19-20)40-14-8-26(37-40)44-15-9-23-31(10-11-31)32(23)12-13-32/h2*3-8,14,20-21,23H,9-13,15-19H2,1-2H3,(H,34,35)(H,38,41). The van der Waals surface area contributed by atoms with E-state index in [1.165, 1.54) is 75.6 Å². The minimum absolute atomic E-state index is 0.00736. The summed E-state index contributed by atoms with van der Waals surface area (Å²) in [6, 6.07) is 18.7. The predicted molar refractivity (Wildman–Crippen MR) is 329 cm³/mol. The molecule has 90 heavy (non-hydrogen) atoms. The van der Waals surface area contributed by atoms with Gasteiger partial charge in [0.1, 0.15) is 35.6 Å². The number of ether oxygens (including phenoxy) is 2. The van der Waals surface area contributed by atoms with E-state index in [-0.39, 0.29) is 57.7 Å². The summed E-state index contributed by atoms with van der Waals surface area (Å²) in [5.41, 5.74) is 1.81. The third kappa shape index (κ3) is 10.5. The van der Waals surface area contributed by atoms with Gasteiger partial charge in [-0.1, -0.05) is 12.1 Å². The van der Waals surface area contributed by atoms with Crippen LogP contribution in [0.25, 0.3) is 11.6 Å². The van der Waals surface area contributed by atoms with E-state index in [0.29, 0.717) is 109 Å². The zero-order chi connectivity index (χ0) is 62.4. The molecule has 0 radical (unpaired) electrons. The van der Waals surface area contributed by atoms with E-state index in [1.54, 1.807) is 70.3 Å². The first-order chi connectivity index (χ1) is 43.0. The third-order valence-corrected chi connectivity index (χ3v) is 24.3. The Labute approximate surface area is 522 Å². The average Bonchev–Trinajstić information content (AvgIpc) is 1.45. The Morgan fingerprint density at radius 1 is 0.533 bits per heavy atom. The molecule has 6 saturated carbocycles. The molecule has 10 heterocycles. The molecule has 22 nitrogen and oxygen atoms in total. The van der Waals surface area contributed by atoms with Gasteiger partial charge in [0.05, 0.1) is 24.3 Å². The van der Waals surface area contributed by atoms with Crippen molar-refractivity contribution < 1.29 is 44.7 Å². The number of halogens is 2. The molecule has 4 unspecified atom stereocenters. The molecule has 2 saturated heterocycles. The molecule has 8 bridgehead atoms. The van der Waals surface area contributed by atoms with E-state index in [9.17, 15) is 26.4 Å². The van der Waals surface area contributed by atoms with Crippen LogP contribution in [0.1, 0.15) is 138 Å². The zero-order valence-corrected chi connectivity index (χ0v) is 52.6. The summed E-state index contributed by atoms with van der Waals surface area (Å²) in [6.07, 6.45) is 16.3. The Bertz CT molecular complexity index is 3790. The number of fused-ring (bicyclic) bond motifs is 14. The van der Waals surface area contributed by atoms with Crippen molar-refractivity contribution in [3.8, 4) is 23.4 Å². The number of pyridine rings is 4. The number of amides is 2. The van der Waals surface area contributed by atoms with Crippen LogP contribution in [0.2, 0.25) is 0 Å². The molecular weight excluding hydrogens is 1190 g/mol. The van der Waals surface area contributed by atoms with Gasteiger partial charge >= 0.3 is 0 Å². The van der Waals surface area contributed by atoms with Crippen molar-refractivity contribution in [3.63, 3.8) is 0 Å². The summed E-state index contributed by atoms with van der Waals surface area (Å²) in [4.78, 5) is 49.2. The number of sulfonamides is 2. The van der Waals surface area contributed by atoms with Crippen LogP contribution in [0.5, 0.6) is 11.8 Å². The summed E-state index contributed by atoms with van der Waals surface area (Å²) in [7, 11) is -8.66. The largest absolute Gasteiger partial charge is 0.477 e. The number of nitrogens with one attached hydrogen (secondary N) is 4. The summed E-state index contributed by atoms with van der Waals surface area (Å²) in [5.74, 6) is 2.92. The van der Waals surface area contributed by atoms with Gasteiger partial charge in [0.2, 0.25) is 11.8 Å². The minimum atomic E-state index is -4.33. The smallest absolute Gasteiger partial charge is 0.281 e. The lowest BCUT2D eigenvalue weighted by atomic mass is 9.93. The maximum Gasteiger partial charge on any atom is 0.281 e. The van der Waals surface area contributed by atoms with Gasteiger partial charge in [-0.3, -0.25) is 9.59 Å². The first kappa shape index (κ1) is 58.9. The van der Waals surface area contributed by atoms with Crippen LogP contribution in [0.15, 0.2) is 95.2 Å². The fourth-order valence-corrected chi connectivity index (χ4v) is 19.0. The number of aromatic nitrogens is 8. The van der Waals surface area contributed by atoms with Crippen LogP contribution in [0.4, 0.5) is 32.1 Å². The van der Waals surface area contributed by atoms with Crippen molar-refractivity contribution in [1.82, 2.24) is 48.9 Å². The molecule has 6 aromatic rings. The number of carbonyl (C=O) groups excluding carboxylic acids is 2. The zero-order valence-electron chi connectivity index (χ0n) is 51.0. The molecule has 4 N–H and O–H groups in total. The van der Waals surface area contributed by atoms with Crippen LogP contribution < -0.4 is 39.4 Å². The van der Waals surface area contributed by atoms with Crippen LogP contribution in [-0.4, -0.2) is 131 Å². The molecule has 8 fully saturated rings. The Kier molecular flexibility index (Phi) is 13.8. The lowest BCUT2D eigenvalue weighted by molar-refractivity contribution is 0.0972. The Hall–Kier alpha value is -7.48. The highest BCUT2D eigenvalue weighted by Crippen LogP contribution is 2.94. The summed E-state index contributed by atoms with van der Waals surface area (Å²) in [6.45, 7) is 10.3. The molecule has 476 valence electrons. The molecule has 16 rings (SSSR count). The predicted octanol–water partition coefficient (Wildman–Crippen LogP) is 9.00. The van der Waals surface area contributed by atoms with E-state index >= 15 is 8.78 Å². The molecule has 4 aliphatic heterocycles. The first-order valence-electron chi connectivity index (χ1n) is 31.8. The molecule has 6 aromatic heterocycles. The molecule has 26 heteroatoms. The maximum atomic E-state index is 15.2. The van der Waals surface area contributed by atoms with Crippen molar-refractivity contribution in [2.75, 3.05) is 59.8 Å². The van der Waals surface area contributed by atoms with Gasteiger partial charge in [0.25, 0.3) is 31.9 Å². The lowest BCUT2D eigenvalue weighted by Gasteiger charge is -2.34. The van der Waals surface area contributed by atoms with Crippen LogP contribution in [0.3, 0.4) is 0 Å². The number of hydrogen-bond acceptors (Lipinski definition) is 18. The summed E-state index contributed by atoms with van der Waals surface area (Å²) < 4.78 is 103. The van der Waals surface area contributed by atoms with Crippen molar-refractivity contribution >= 4 is 55.1 Å². The number of rotatable bonds is 10. The van der Waals surface area contributed by atoms with Gasteiger partial charge in [0.15, 0.2) is 21.7 Å². The first-order valence-corrected chi connectivity index (χ1v) is 34.8. The van der Waals surface area contributed by atoms with Crippen molar-refractivity contribution in [2.24, 2.45) is 45.3 Å². The fourth-order valence-electron chi connectivity index (χ4n) is 17.1. The Balaban J connectivity index is 0.000000150. The van der Waals surface area contributed by atoms with E-state index in [1.807, 2.05) is 37.5 Å². The molecule has 10 aliphatic rings. The monoisotopic (exact) mass is 1270 g/mol. The van der Waals surface area contributed by atoms with Gasteiger partial charge in [-0.2, -0.15) is 16.8 Å². The SMILES string of the molecule is CC1(C)CC2CC(F)CNc3cccc(n3)S(=O)(=O)NC(=O)c3ccc(-n4ccc(OCCC5C6(CC6)C56CC6)n4)nc3N1C2.CC1(C)CC2CC(F)CNc3cccc(n3)S(=O)(=O)NC(=O)c3ccc(-n4ccc(OCCC5C6(CC6)C56CC6)n4)nc3N1C2. The summed E-state index contributed by atoms with van der Waals surface area (Å²) in [5, 5.41) is 14.3. The molecule has 4 spiro atoms. The topological polar surface area (TPSA) is 263 Å². The van der Waals surface area contributed by atoms with Gasteiger partial charge in [-0.05, 0) is 211 Å². The number of nitrogens with zero attached hydrogens (tertiary/aromatic N) is 10. The van der Waals surface area contributed by atoms with Gasteiger partial charge in [-0.15, -0.1) is 10.2 Å². The molecule has 6 aliphatic carbocycles. The van der Waals surface area contributed by atoms with Crippen LogP contribution in [0, 0.1) is 45.3 Å². The lowest BCUT2D eigenvalue weighted by Crippen LogP contribution is -2.41. The van der Waals surface area contributed by atoms with E-state index in [4.69, 9.17) is 19.4 Å². The maximum absolute atomic E-state index is 15.2. The van der Waals surface area contributed by atoms with E-state index in [2.05, 4.69) is 40.2 Å². The number of carbonyl (C=O) groups is 2. The van der Waals surface area contributed by atoms with Crippen molar-refractivity contribution in [3.05, 3.63) is 96.3 Å². The molecule has 2 amide bonds. The second-order valence-corrected chi connectivity index (χ2v) is 31.5. The number of alkyl halides is 2. The highest BCUT2D eigenvalue weighted by Gasteiger charge is 2.86. The van der Waals surface area contributed by atoms with Gasteiger partial charge in [-0.25, -0.2) is 47.5 Å². The molecule has 4 atom stereocenters. The second kappa shape index (κ2) is 21.0. The Morgan fingerprint density at radius 2 is 0.922 bits per heavy atom. The quantitative estimate of drug-likeness (QED) is 0.0997. The number of hydrogen-bond donors (Lipinski definition) is 4. The van der Waals surface area contributed by atoms with Gasteiger partial charge < -0.3 is 29.9 Å². The van der Waals surface area contributed by atoms with Crippen molar-refractivity contribution in [2.45, 2.75) is 151 Å². The summed E-state index contributed by atoms with van der Waals surface area (Å²) >= 11 is 0. The third-order valence-electron chi connectivity index (χ3n) is 21.8. The normalized spacial score (nSPS) is 26.7. The molecule has 0 aromatic carbocycles. The fraction of sp³-hybridized carbons (Fsp3) is 0.562. The average molecular weight is 1270 g/mol. The second-order valence-electron chi connectivity index (χ2n) is 28.3. The van der Waals surface area contributed by atoms with Crippen LogP contribution in [-0.2, 0) is 20.0 Å². The highest BCUT2D eigenvalue weighted by atomic mass is 32.2. The van der Waals surface area contributed by atoms with Gasteiger partial charge in [0, 0.05) is 61.8 Å². The van der Waals surface area contributed by atoms with Crippen molar-refractivity contribution in [1.29, 1.82) is 0 Å². The number of anilines is 4. The minimum Gasteiger partial charge on any atom is -0.477 e. The highest BCUT2D eigenvalue weighted by molar-refractivity contribution is 7.90. The Morgan fingerprint density at radius 3 is 1.30 bits per heavy atom.